The maximum absolute atomic E-state index is 12.4. The van der Waals surface area contributed by atoms with Crippen molar-refractivity contribution in [2.24, 2.45) is 0 Å². The number of anilines is 1. The highest BCUT2D eigenvalue weighted by atomic mass is 32.2. The first-order valence-corrected chi connectivity index (χ1v) is 11.3. The fourth-order valence-electron chi connectivity index (χ4n) is 2.70. The van der Waals surface area contributed by atoms with Crippen LogP contribution in [0, 0.1) is 6.92 Å². The molecule has 1 N–H and O–H groups in total. The summed E-state index contributed by atoms with van der Waals surface area (Å²) in [5, 5.41) is 11.7. The molecule has 0 aliphatic heterocycles. The quantitative estimate of drug-likeness (QED) is 0.637. The lowest BCUT2D eigenvalue weighted by Gasteiger charge is -2.08. The molecule has 0 radical (unpaired) electrons. The second kappa shape index (κ2) is 8.62. The minimum absolute atomic E-state index is 0.128. The van der Waals surface area contributed by atoms with Gasteiger partial charge in [-0.25, -0.2) is 8.42 Å². The Morgan fingerprint density at radius 1 is 1.07 bits per heavy atom. The van der Waals surface area contributed by atoms with E-state index in [-0.39, 0.29) is 10.8 Å². The average Bonchev–Trinajstić information content (AvgIpc) is 3.09. The van der Waals surface area contributed by atoms with Gasteiger partial charge in [-0.3, -0.25) is 10.1 Å². The monoisotopic (exact) mass is 415 g/mol. The summed E-state index contributed by atoms with van der Waals surface area (Å²) in [6.07, 6.45) is 0.694. The van der Waals surface area contributed by atoms with Crippen molar-refractivity contribution in [1.29, 1.82) is 0 Å². The normalized spacial score (nSPS) is 12.5. The van der Waals surface area contributed by atoms with Gasteiger partial charge in [-0.2, -0.15) is 0 Å². The number of sulfone groups is 1. The van der Waals surface area contributed by atoms with Crippen molar-refractivity contribution in [1.82, 2.24) is 10.2 Å². The van der Waals surface area contributed by atoms with Crippen LogP contribution in [-0.4, -0.2) is 30.3 Å². The maximum Gasteiger partial charge on any atom is 0.241 e. The van der Waals surface area contributed by atoms with E-state index in [2.05, 4.69) is 34.6 Å². The number of carbonyl (C=O) groups excluding carboxylic acids is 1. The molecule has 6 nitrogen and oxygen atoms in total. The van der Waals surface area contributed by atoms with Crippen LogP contribution >= 0.6 is 11.3 Å². The zero-order valence-electron chi connectivity index (χ0n) is 15.6. The van der Waals surface area contributed by atoms with Gasteiger partial charge in [0.2, 0.25) is 11.0 Å². The Balaban J connectivity index is 1.60. The molecule has 0 saturated carbocycles. The first kappa shape index (κ1) is 20.2. The number of benzene rings is 2. The van der Waals surface area contributed by atoms with Gasteiger partial charge in [-0.05, 0) is 30.5 Å². The Bertz CT molecular complexity index is 1050. The molecule has 0 spiro atoms. The summed E-state index contributed by atoms with van der Waals surface area (Å²) in [4.78, 5) is 12.3. The van der Waals surface area contributed by atoms with Gasteiger partial charge in [0, 0.05) is 6.42 Å². The van der Waals surface area contributed by atoms with Crippen molar-refractivity contribution in [3.05, 3.63) is 70.7 Å². The van der Waals surface area contributed by atoms with Crippen LogP contribution in [0.4, 0.5) is 5.13 Å². The van der Waals surface area contributed by atoms with E-state index >= 15 is 0 Å². The number of aryl methyl sites for hydroxylation is 1. The number of nitrogens with one attached hydrogen (secondary N) is 1. The van der Waals surface area contributed by atoms with Gasteiger partial charge in [0.25, 0.3) is 0 Å². The second-order valence-electron chi connectivity index (χ2n) is 6.64. The molecule has 28 heavy (non-hydrogen) atoms. The minimum Gasteiger partial charge on any atom is -0.300 e. The lowest BCUT2D eigenvalue weighted by molar-refractivity contribution is -0.113. The van der Waals surface area contributed by atoms with Crippen molar-refractivity contribution in [3.8, 4) is 0 Å². The molecule has 1 unspecified atom stereocenters. The third kappa shape index (κ3) is 5.24. The molecular weight excluding hydrogens is 394 g/mol. The van der Waals surface area contributed by atoms with E-state index in [0.29, 0.717) is 11.6 Å². The Morgan fingerprint density at radius 2 is 1.75 bits per heavy atom. The van der Waals surface area contributed by atoms with Crippen LogP contribution in [0.5, 0.6) is 0 Å². The van der Waals surface area contributed by atoms with Crippen LogP contribution in [0.3, 0.4) is 0 Å². The Labute approximate surface area is 168 Å². The molecule has 1 heterocycles. The molecule has 0 aliphatic carbocycles. The van der Waals surface area contributed by atoms with Crippen molar-refractivity contribution in [3.63, 3.8) is 0 Å². The zero-order valence-corrected chi connectivity index (χ0v) is 17.3. The highest BCUT2D eigenvalue weighted by Gasteiger charge is 2.20. The van der Waals surface area contributed by atoms with Gasteiger partial charge >= 0.3 is 0 Å². The van der Waals surface area contributed by atoms with Crippen molar-refractivity contribution in [2.45, 2.75) is 31.1 Å². The zero-order chi connectivity index (χ0) is 20.1. The maximum atomic E-state index is 12.4. The molecule has 0 bridgehead atoms. The minimum atomic E-state index is -3.70. The van der Waals surface area contributed by atoms with Crippen molar-refractivity contribution < 1.29 is 13.2 Å². The summed E-state index contributed by atoms with van der Waals surface area (Å²) in [6.45, 7) is 3.97. The molecule has 0 fully saturated rings. The third-order valence-electron chi connectivity index (χ3n) is 4.26. The number of hydrogen-bond donors (Lipinski definition) is 1. The van der Waals surface area contributed by atoms with E-state index in [4.69, 9.17) is 0 Å². The van der Waals surface area contributed by atoms with E-state index in [1.807, 2.05) is 25.1 Å². The number of rotatable bonds is 7. The molecular formula is C20H21N3O3S2. The standard InChI is InChI=1S/C20H21N3O3S2/c1-14-8-10-17(11-9-14)28(25,26)13-18(24)21-20-23-22-19(27-20)12-15(2)16-6-4-3-5-7-16/h3-11,15H,12-13H2,1-2H3,(H,21,23,24). The van der Waals surface area contributed by atoms with Crippen LogP contribution in [0.15, 0.2) is 59.5 Å². The summed E-state index contributed by atoms with van der Waals surface area (Å²) in [5.41, 5.74) is 2.15. The predicted octanol–water partition coefficient (Wildman–Crippen LogP) is 3.61. The number of hydrogen-bond acceptors (Lipinski definition) is 6. The summed E-state index contributed by atoms with van der Waals surface area (Å²) in [7, 11) is -3.70. The van der Waals surface area contributed by atoms with Crippen LogP contribution in [-0.2, 0) is 21.1 Å². The van der Waals surface area contributed by atoms with Crippen LogP contribution in [0.1, 0.15) is 29.0 Å². The number of amides is 1. The molecule has 1 amide bonds. The lowest BCUT2D eigenvalue weighted by Crippen LogP contribution is -2.23. The molecule has 1 aromatic heterocycles. The molecule has 8 heteroatoms. The van der Waals surface area contributed by atoms with Crippen LogP contribution < -0.4 is 5.32 Å². The van der Waals surface area contributed by atoms with Crippen LogP contribution in [0.2, 0.25) is 0 Å². The molecule has 0 saturated heterocycles. The van der Waals surface area contributed by atoms with E-state index in [0.717, 1.165) is 10.6 Å². The van der Waals surface area contributed by atoms with E-state index in [9.17, 15) is 13.2 Å². The topological polar surface area (TPSA) is 89.0 Å². The molecule has 146 valence electrons. The average molecular weight is 416 g/mol. The van der Waals surface area contributed by atoms with Gasteiger partial charge < -0.3 is 0 Å². The number of nitrogens with zero attached hydrogens (tertiary/aromatic N) is 2. The first-order chi connectivity index (χ1) is 13.3. The molecule has 0 aliphatic rings. The smallest absolute Gasteiger partial charge is 0.241 e. The van der Waals surface area contributed by atoms with Crippen molar-refractivity contribution in [2.75, 3.05) is 11.1 Å². The van der Waals surface area contributed by atoms with Crippen molar-refractivity contribution >= 4 is 32.2 Å². The van der Waals surface area contributed by atoms with E-state index < -0.39 is 21.5 Å². The highest BCUT2D eigenvalue weighted by molar-refractivity contribution is 7.92. The Kier molecular flexibility index (Phi) is 6.21. The highest BCUT2D eigenvalue weighted by Crippen LogP contribution is 2.24. The lowest BCUT2D eigenvalue weighted by atomic mass is 9.98. The predicted molar refractivity (Wildman–Crippen MR) is 110 cm³/mol. The second-order valence-corrected chi connectivity index (χ2v) is 9.69. The molecule has 3 aromatic rings. The fraction of sp³-hybridized carbons (Fsp3) is 0.250. The number of carbonyl (C=O) groups is 1. The largest absolute Gasteiger partial charge is 0.300 e. The Morgan fingerprint density at radius 3 is 2.43 bits per heavy atom. The molecule has 3 rings (SSSR count). The van der Waals surface area contributed by atoms with Gasteiger partial charge in [-0.1, -0.05) is 66.3 Å². The summed E-state index contributed by atoms with van der Waals surface area (Å²) in [5.74, 6) is -0.996. The van der Waals surface area contributed by atoms with E-state index in [1.54, 1.807) is 12.1 Å². The molecule has 1 atom stereocenters. The van der Waals surface area contributed by atoms with Gasteiger partial charge in [0.15, 0.2) is 9.84 Å². The Hall–Kier alpha value is -2.58. The number of aromatic nitrogens is 2. The molecule has 2 aromatic carbocycles. The van der Waals surface area contributed by atoms with Gasteiger partial charge in [-0.15, -0.1) is 10.2 Å². The van der Waals surface area contributed by atoms with Crippen LogP contribution in [0.25, 0.3) is 0 Å². The van der Waals surface area contributed by atoms with E-state index in [1.165, 1.54) is 29.0 Å². The summed E-state index contributed by atoms with van der Waals surface area (Å²) >= 11 is 1.26. The van der Waals surface area contributed by atoms with Gasteiger partial charge in [0.1, 0.15) is 10.8 Å². The summed E-state index contributed by atoms with van der Waals surface area (Å²) in [6, 6.07) is 16.5. The summed E-state index contributed by atoms with van der Waals surface area (Å²) < 4.78 is 24.7. The van der Waals surface area contributed by atoms with Gasteiger partial charge in [0.05, 0.1) is 4.90 Å². The first-order valence-electron chi connectivity index (χ1n) is 8.80. The fourth-order valence-corrected chi connectivity index (χ4v) is 4.72. The third-order valence-corrected chi connectivity index (χ3v) is 6.76. The SMILES string of the molecule is Cc1ccc(S(=O)(=O)CC(=O)Nc2nnc(CC(C)c3ccccc3)s2)cc1.